The molecule has 1 unspecified atom stereocenters. The van der Waals surface area contributed by atoms with Crippen LogP contribution in [0, 0.1) is 0 Å². The van der Waals surface area contributed by atoms with E-state index >= 15 is 0 Å². The van der Waals surface area contributed by atoms with Gasteiger partial charge in [0.25, 0.3) is 11.8 Å². The summed E-state index contributed by atoms with van der Waals surface area (Å²) in [6.45, 7) is 0.0259. The summed E-state index contributed by atoms with van der Waals surface area (Å²) >= 11 is 1.48. The summed E-state index contributed by atoms with van der Waals surface area (Å²) in [7, 11) is 0. The van der Waals surface area contributed by atoms with Crippen LogP contribution in [0.15, 0.2) is 107 Å². The van der Waals surface area contributed by atoms with E-state index in [2.05, 4.69) is 25.7 Å². The quantitative estimate of drug-likeness (QED) is 0.279. The third kappa shape index (κ3) is 5.36. The number of aromatic nitrogens is 5. The maximum absolute atomic E-state index is 14.0. The van der Waals surface area contributed by atoms with Crippen molar-refractivity contribution in [3.05, 3.63) is 114 Å². The fourth-order valence-electron chi connectivity index (χ4n) is 4.34. The molecule has 0 aliphatic carbocycles. The highest BCUT2D eigenvalue weighted by Gasteiger charge is 2.35. The van der Waals surface area contributed by atoms with E-state index in [1.54, 1.807) is 18.3 Å². The first-order valence-electron chi connectivity index (χ1n) is 12.5. The zero-order valence-electron chi connectivity index (χ0n) is 21.1. The van der Waals surface area contributed by atoms with Gasteiger partial charge in [-0.3, -0.25) is 19.5 Å². The number of furan rings is 1. The normalized spacial score (nSPS) is 11.8. The molecule has 6 rings (SSSR count). The van der Waals surface area contributed by atoms with Crippen LogP contribution in [0.3, 0.4) is 0 Å². The first-order chi connectivity index (χ1) is 19.7. The van der Waals surface area contributed by atoms with Crippen molar-refractivity contribution >= 4 is 39.7 Å². The van der Waals surface area contributed by atoms with Crippen molar-refractivity contribution in [2.24, 2.45) is 0 Å². The van der Waals surface area contributed by atoms with Crippen LogP contribution in [0.1, 0.15) is 17.4 Å². The Hall–Kier alpha value is -5.16. The van der Waals surface area contributed by atoms with Gasteiger partial charge in [-0.1, -0.05) is 54.6 Å². The van der Waals surface area contributed by atoms with Gasteiger partial charge in [0.1, 0.15) is 12.3 Å². The van der Waals surface area contributed by atoms with Crippen molar-refractivity contribution in [2.45, 2.75) is 19.1 Å². The van der Waals surface area contributed by atoms with Crippen LogP contribution >= 0.6 is 11.3 Å². The summed E-state index contributed by atoms with van der Waals surface area (Å²) < 4.78 is 5.69. The van der Waals surface area contributed by atoms with Crippen LogP contribution < -0.4 is 10.2 Å². The lowest BCUT2D eigenvalue weighted by Gasteiger charge is -2.29. The van der Waals surface area contributed by atoms with Gasteiger partial charge in [0.2, 0.25) is 5.82 Å². The number of thiophene rings is 1. The van der Waals surface area contributed by atoms with E-state index in [0.717, 1.165) is 21.3 Å². The standard InChI is InChI=1S/C29H23N7O3S/c37-26(19-35-33-28(32-34-35)25-13-7-15-40-25)36(22-16-21-10-4-5-11-23(21)30-18-22)27(24-12-6-14-39-24)29(38)31-17-20-8-2-1-3-9-20/h1-16,18,27H,17,19H2,(H,31,38). The number of hydrogen-bond donors (Lipinski definition) is 1. The minimum absolute atomic E-state index is 0.256. The topological polar surface area (TPSA) is 119 Å². The Kier molecular flexibility index (Phi) is 7.10. The van der Waals surface area contributed by atoms with Gasteiger partial charge >= 0.3 is 0 Å². The molecule has 0 radical (unpaired) electrons. The molecule has 40 heavy (non-hydrogen) atoms. The number of rotatable bonds is 9. The predicted molar refractivity (Wildman–Crippen MR) is 150 cm³/mol. The van der Waals surface area contributed by atoms with Gasteiger partial charge in [0, 0.05) is 11.9 Å². The molecule has 0 spiro atoms. The average molecular weight is 550 g/mol. The molecule has 0 bridgehead atoms. The van der Waals surface area contributed by atoms with E-state index in [4.69, 9.17) is 4.42 Å². The number of hydrogen-bond acceptors (Lipinski definition) is 8. The summed E-state index contributed by atoms with van der Waals surface area (Å²) in [4.78, 5) is 35.8. The molecule has 2 amide bonds. The smallest absolute Gasteiger partial charge is 0.251 e. The molecule has 0 saturated heterocycles. The zero-order chi connectivity index (χ0) is 27.3. The Morgan fingerprint density at radius 1 is 1.00 bits per heavy atom. The molecule has 4 aromatic heterocycles. The summed E-state index contributed by atoms with van der Waals surface area (Å²) in [5.41, 5.74) is 2.12. The van der Waals surface area contributed by atoms with Crippen LogP contribution in [0.4, 0.5) is 5.69 Å². The summed E-state index contributed by atoms with van der Waals surface area (Å²) in [6, 6.07) is 24.9. The van der Waals surface area contributed by atoms with E-state index < -0.39 is 17.9 Å². The van der Waals surface area contributed by atoms with Crippen LogP contribution in [0.2, 0.25) is 0 Å². The fraction of sp³-hybridized carbons (Fsp3) is 0.103. The SMILES string of the molecule is O=C(NCc1ccccc1)C(c1ccco1)N(C(=O)Cn1nnc(-c2cccs2)n1)c1cnc2ccccc2c1. The molecule has 10 nitrogen and oxygen atoms in total. The van der Waals surface area contributed by atoms with E-state index in [0.29, 0.717) is 17.3 Å². The maximum atomic E-state index is 14.0. The number of carbonyl (C=O) groups excluding carboxylic acids is 2. The van der Waals surface area contributed by atoms with E-state index in [9.17, 15) is 9.59 Å². The molecule has 0 saturated carbocycles. The molecule has 1 atom stereocenters. The Labute approximate surface area is 232 Å². The number of pyridine rings is 1. The summed E-state index contributed by atoms with van der Waals surface area (Å²) in [5.74, 6) is -0.127. The van der Waals surface area contributed by atoms with E-state index in [1.165, 1.54) is 27.3 Å². The first kappa shape index (κ1) is 25.1. The van der Waals surface area contributed by atoms with Gasteiger partial charge in [-0.25, -0.2) is 0 Å². The van der Waals surface area contributed by atoms with Gasteiger partial charge in [-0.15, -0.1) is 21.5 Å². The third-order valence-electron chi connectivity index (χ3n) is 6.22. The number of anilines is 1. The molecule has 6 aromatic rings. The predicted octanol–water partition coefficient (Wildman–Crippen LogP) is 4.63. The molecule has 0 fully saturated rings. The highest BCUT2D eigenvalue weighted by molar-refractivity contribution is 7.13. The Morgan fingerprint density at radius 2 is 1.85 bits per heavy atom. The minimum Gasteiger partial charge on any atom is -0.467 e. The largest absolute Gasteiger partial charge is 0.467 e. The molecule has 4 heterocycles. The number of fused-ring (bicyclic) bond motifs is 1. The van der Waals surface area contributed by atoms with Crippen LogP contribution in [-0.2, 0) is 22.7 Å². The van der Waals surface area contributed by atoms with Crippen molar-refractivity contribution in [1.82, 2.24) is 30.5 Å². The second-order valence-corrected chi connectivity index (χ2v) is 9.84. The van der Waals surface area contributed by atoms with Gasteiger partial charge in [-0.2, -0.15) is 4.80 Å². The van der Waals surface area contributed by atoms with Crippen molar-refractivity contribution in [3.8, 4) is 10.7 Å². The minimum atomic E-state index is -1.12. The number of tetrazole rings is 1. The lowest BCUT2D eigenvalue weighted by molar-refractivity contribution is -0.127. The van der Waals surface area contributed by atoms with Crippen LogP contribution in [0.25, 0.3) is 21.6 Å². The van der Waals surface area contributed by atoms with Gasteiger partial charge < -0.3 is 9.73 Å². The van der Waals surface area contributed by atoms with Crippen molar-refractivity contribution in [3.63, 3.8) is 0 Å². The van der Waals surface area contributed by atoms with Gasteiger partial charge in [0.15, 0.2) is 6.04 Å². The number of nitrogens with one attached hydrogen (secondary N) is 1. The second-order valence-electron chi connectivity index (χ2n) is 8.89. The second kappa shape index (κ2) is 11.3. The average Bonchev–Trinajstić information content (AvgIpc) is 3.78. The van der Waals surface area contributed by atoms with Gasteiger partial charge in [0.05, 0.1) is 28.5 Å². The van der Waals surface area contributed by atoms with Crippen molar-refractivity contribution in [2.75, 3.05) is 4.90 Å². The van der Waals surface area contributed by atoms with Crippen LogP contribution in [-0.4, -0.2) is 37.0 Å². The Balaban J connectivity index is 1.37. The lowest BCUT2D eigenvalue weighted by atomic mass is 10.1. The van der Waals surface area contributed by atoms with Gasteiger partial charge in [-0.05, 0) is 46.5 Å². The Bertz CT molecular complexity index is 1730. The molecule has 1 N–H and O–H groups in total. The number of nitrogens with zero attached hydrogens (tertiary/aromatic N) is 6. The van der Waals surface area contributed by atoms with E-state index in [-0.39, 0.29) is 13.1 Å². The molecule has 0 aliphatic heterocycles. The summed E-state index contributed by atoms with van der Waals surface area (Å²) in [6.07, 6.45) is 3.05. The fourth-order valence-corrected chi connectivity index (χ4v) is 4.99. The molecule has 198 valence electrons. The number of amides is 2. The molecule has 11 heteroatoms. The number of para-hydroxylation sites is 1. The number of benzene rings is 2. The van der Waals surface area contributed by atoms with E-state index in [1.807, 2.05) is 78.2 Å². The maximum Gasteiger partial charge on any atom is 0.251 e. The molecule has 0 aliphatic rings. The first-order valence-corrected chi connectivity index (χ1v) is 13.4. The molecule has 2 aromatic carbocycles. The molecular formula is C29H23N7O3S. The Morgan fingerprint density at radius 3 is 2.65 bits per heavy atom. The van der Waals surface area contributed by atoms with Crippen molar-refractivity contribution < 1.29 is 14.0 Å². The number of carbonyl (C=O) groups is 2. The highest BCUT2D eigenvalue weighted by atomic mass is 32.1. The third-order valence-corrected chi connectivity index (χ3v) is 7.09. The molecular weight excluding hydrogens is 526 g/mol. The summed E-state index contributed by atoms with van der Waals surface area (Å²) in [5, 5.41) is 18.2. The highest BCUT2D eigenvalue weighted by Crippen LogP contribution is 2.30. The van der Waals surface area contributed by atoms with Crippen LogP contribution in [0.5, 0.6) is 0 Å². The monoisotopic (exact) mass is 549 g/mol. The lowest BCUT2D eigenvalue weighted by Crippen LogP contribution is -2.45. The zero-order valence-corrected chi connectivity index (χ0v) is 21.9. The van der Waals surface area contributed by atoms with Crippen molar-refractivity contribution in [1.29, 1.82) is 0 Å².